The minimum Gasteiger partial charge on any atom is -0.444 e. The number of fused-ring (bicyclic) bond motifs is 6. The number of hydrogen-bond acceptors (Lipinski definition) is 4. The molecule has 1 saturated heterocycles. The number of rotatable bonds is 6. The second kappa shape index (κ2) is 11.4. The van der Waals surface area contributed by atoms with Crippen LogP contribution in [0.1, 0.15) is 64.2 Å². The summed E-state index contributed by atoms with van der Waals surface area (Å²) in [5, 5.41) is 6.68. The van der Waals surface area contributed by atoms with Gasteiger partial charge in [0.15, 0.2) is 0 Å². The lowest BCUT2D eigenvalue weighted by Crippen LogP contribution is -2.60. The molecule has 1 atom stereocenters. The highest BCUT2D eigenvalue weighted by atomic mass is 16.6. The van der Waals surface area contributed by atoms with E-state index in [2.05, 4.69) is 64.1 Å². The smallest absolute Gasteiger partial charge is 0.408 e. The van der Waals surface area contributed by atoms with Crippen LogP contribution in [-0.4, -0.2) is 58.1 Å². The lowest BCUT2D eigenvalue weighted by Gasteiger charge is -2.42. The molecule has 0 bridgehead atoms. The maximum Gasteiger partial charge on any atom is 0.408 e. The Bertz CT molecular complexity index is 1710. The monoisotopic (exact) mass is 606 g/mol. The van der Waals surface area contributed by atoms with E-state index < -0.39 is 29.2 Å². The van der Waals surface area contributed by atoms with Crippen LogP contribution in [0.2, 0.25) is 0 Å². The third kappa shape index (κ3) is 5.81. The topological polar surface area (TPSA) is 104 Å². The minimum absolute atomic E-state index is 0.129. The molecule has 0 saturated carbocycles. The molecule has 0 radical (unpaired) electrons. The quantitative estimate of drug-likeness (QED) is 0.247. The van der Waals surface area contributed by atoms with Crippen molar-refractivity contribution < 1.29 is 19.1 Å². The third-order valence-corrected chi connectivity index (χ3v) is 9.19. The summed E-state index contributed by atoms with van der Waals surface area (Å²) in [5.41, 5.74) is 4.95. The van der Waals surface area contributed by atoms with Gasteiger partial charge in [-0.05, 0) is 81.3 Å². The number of nitrogens with one attached hydrogen (secondary N) is 3. The Morgan fingerprint density at radius 3 is 2.07 bits per heavy atom. The van der Waals surface area contributed by atoms with Crippen LogP contribution in [0.5, 0.6) is 0 Å². The fourth-order valence-electron chi connectivity index (χ4n) is 6.96. The van der Waals surface area contributed by atoms with E-state index in [1.54, 1.807) is 34.6 Å². The molecule has 2 aliphatic rings. The zero-order chi connectivity index (χ0) is 32.0. The number of para-hydroxylation sites is 1. The molecule has 234 valence electrons. The van der Waals surface area contributed by atoms with Crippen LogP contribution >= 0.6 is 0 Å². The second-order valence-corrected chi connectivity index (χ2v) is 13.8. The van der Waals surface area contributed by atoms with E-state index >= 15 is 0 Å². The van der Waals surface area contributed by atoms with Crippen molar-refractivity contribution in [3.05, 3.63) is 95.7 Å². The van der Waals surface area contributed by atoms with Gasteiger partial charge in [-0.15, -0.1) is 0 Å². The molecule has 3 amide bonds. The molecule has 8 nitrogen and oxygen atoms in total. The SMILES string of the molecule is CC(C)(C)OC(=O)NC(C)(C)C(=O)N[C@H](Cc1c[nH]c2ccccc12)C(=O)N1CCC2(CC1)c1ccccc1-c1ccccc12. The number of alkyl carbamates (subject to hydrolysis) is 1. The lowest BCUT2D eigenvalue weighted by atomic mass is 9.71. The first-order valence-corrected chi connectivity index (χ1v) is 15.7. The molecule has 45 heavy (non-hydrogen) atoms. The number of H-pyrrole nitrogens is 1. The zero-order valence-electron chi connectivity index (χ0n) is 26.7. The summed E-state index contributed by atoms with van der Waals surface area (Å²) >= 11 is 0. The Morgan fingerprint density at radius 1 is 0.867 bits per heavy atom. The first-order valence-electron chi connectivity index (χ1n) is 15.7. The molecule has 1 fully saturated rings. The molecule has 6 rings (SSSR count). The number of likely N-dealkylation sites (tertiary alicyclic amines) is 1. The van der Waals surface area contributed by atoms with Gasteiger partial charge in [0.05, 0.1) is 0 Å². The number of piperidine rings is 1. The van der Waals surface area contributed by atoms with Crippen LogP contribution in [0.3, 0.4) is 0 Å². The zero-order valence-corrected chi connectivity index (χ0v) is 26.7. The van der Waals surface area contributed by atoms with Gasteiger partial charge in [-0.25, -0.2) is 4.79 Å². The van der Waals surface area contributed by atoms with Gasteiger partial charge in [-0.3, -0.25) is 9.59 Å². The Labute approximate surface area is 264 Å². The largest absolute Gasteiger partial charge is 0.444 e. The number of carbonyl (C=O) groups is 3. The summed E-state index contributed by atoms with van der Waals surface area (Å²) < 4.78 is 5.39. The second-order valence-electron chi connectivity index (χ2n) is 13.8. The summed E-state index contributed by atoms with van der Waals surface area (Å²) in [5.74, 6) is -0.588. The predicted molar refractivity (Wildman–Crippen MR) is 176 cm³/mol. The number of benzene rings is 3. The Balaban J connectivity index is 1.24. The molecule has 1 aliphatic carbocycles. The van der Waals surface area contributed by atoms with Crippen molar-refractivity contribution in [3.8, 4) is 11.1 Å². The van der Waals surface area contributed by atoms with Crippen LogP contribution in [0.25, 0.3) is 22.0 Å². The molecule has 1 aromatic heterocycles. The van der Waals surface area contributed by atoms with Crippen molar-refractivity contribution in [2.45, 2.75) is 76.5 Å². The summed E-state index contributed by atoms with van der Waals surface area (Å²) in [6, 6.07) is 24.3. The van der Waals surface area contributed by atoms with E-state index in [1.165, 1.54) is 22.3 Å². The normalized spacial score (nSPS) is 16.2. The van der Waals surface area contributed by atoms with Gasteiger partial charge >= 0.3 is 6.09 Å². The van der Waals surface area contributed by atoms with Gasteiger partial charge in [-0.2, -0.15) is 0 Å². The number of aromatic nitrogens is 1. The average molecular weight is 607 g/mol. The molecular weight excluding hydrogens is 564 g/mol. The van der Waals surface area contributed by atoms with Crippen LogP contribution in [-0.2, 0) is 26.2 Å². The highest BCUT2D eigenvalue weighted by Gasteiger charge is 2.46. The van der Waals surface area contributed by atoms with E-state index in [0.717, 1.165) is 29.3 Å². The Morgan fingerprint density at radius 2 is 1.44 bits per heavy atom. The molecule has 8 heteroatoms. The first-order chi connectivity index (χ1) is 21.4. The van der Waals surface area contributed by atoms with E-state index in [4.69, 9.17) is 4.74 Å². The number of hydrogen-bond donors (Lipinski definition) is 3. The van der Waals surface area contributed by atoms with Crippen molar-refractivity contribution in [1.29, 1.82) is 0 Å². The number of amides is 3. The summed E-state index contributed by atoms with van der Waals surface area (Å²) in [4.78, 5) is 45.7. The molecule has 3 aromatic carbocycles. The molecule has 4 aromatic rings. The van der Waals surface area contributed by atoms with Crippen LogP contribution in [0, 0.1) is 0 Å². The van der Waals surface area contributed by atoms with Crippen molar-refractivity contribution in [3.63, 3.8) is 0 Å². The Kier molecular flexibility index (Phi) is 7.71. The van der Waals surface area contributed by atoms with Gasteiger partial charge in [0.25, 0.3) is 0 Å². The first kappa shape index (κ1) is 30.4. The highest BCUT2D eigenvalue weighted by Crippen LogP contribution is 2.53. The third-order valence-electron chi connectivity index (χ3n) is 9.19. The maximum atomic E-state index is 14.3. The van der Waals surface area contributed by atoms with E-state index in [-0.39, 0.29) is 11.3 Å². The van der Waals surface area contributed by atoms with E-state index in [9.17, 15) is 14.4 Å². The van der Waals surface area contributed by atoms with Gasteiger partial charge in [0, 0.05) is 42.0 Å². The number of nitrogens with zero attached hydrogens (tertiary/aromatic N) is 1. The van der Waals surface area contributed by atoms with Crippen molar-refractivity contribution >= 4 is 28.8 Å². The van der Waals surface area contributed by atoms with Gasteiger partial charge in [-0.1, -0.05) is 66.7 Å². The number of ether oxygens (including phenoxy) is 1. The maximum absolute atomic E-state index is 14.3. The lowest BCUT2D eigenvalue weighted by molar-refractivity contribution is -0.138. The van der Waals surface area contributed by atoms with Crippen LogP contribution in [0.4, 0.5) is 4.79 Å². The van der Waals surface area contributed by atoms with Crippen molar-refractivity contribution in [1.82, 2.24) is 20.5 Å². The molecule has 0 unspecified atom stereocenters. The van der Waals surface area contributed by atoms with Crippen molar-refractivity contribution in [2.75, 3.05) is 13.1 Å². The summed E-state index contributed by atoms with van der Waals surface area (Å²) in [6.45, 7) is 9.66. The predicted octanol–water partition coefficient (Wildman–Crippen LogP) is 6.09. The van der Waals surface area contributed by atoms with Crippen LogP contribution < -0.4 is 10.6 Å². The molecule has 1 spiro atoms. The minimum atomic E-state index is -1.32. The van der Waals surface area contributed by atoms with Crippen molar-refractivity contribution in [2.24, 2.45) is 0 Å². The number of aromatic amines is 1. The Hall–Kier alpha value is -4.59. The van der Waals surface area contributed by atoms with Crippen LogP contribution in [0.15, 0.2) is 79.0 Å². The van der Waals surface area contributed by atoms with Gasteiger partial charge < -0.3 is 25.3 Å². The summed E-state index contributed by atoms with van der Waals surface area (Å²) in [6.07, 6.45) is 3.11. The highest BCUT2D eigenvalue weighted by molar-refractivity contribution is 5.94. The fraction of sp³-hybridized carbons (Fsp3) is 0.378. The average Bonchev–Trinajstić information content (AvgIpc) is 3.53. The molecule has 2 heterocycles. The van der Waals surface area contributed by atoms with E-state index in [0.29, 0.717) is 19.5 Å². The summed E-state index contributed by atoms with van der Waals surface area (Å²) in [7, 11) is 0. The standard InChI is InChI=1S/C37H42N4O4/c1-35(2,3)45-34(44)40-36(4,5)33(43)39-31(22-24-23-38-30-17-11-8-12-25(24)30)32(42)41-20-18-37(19-21-41)28-15-9-6-13-26(28)27-14-7-10-16-29(27)37/h6-17,23,31,38H,18-22H2,1-5H3,(H,39,43)(H,40,44)/t31-/m1/s1. The van der Waals surface area contributed by atoms with Gasteiger partial charge in [0.2, 0.25) is 11.8 Å². The molecule has 1 aliphatic heterocycles. The molecular formula is C37H42N4O4. The van der Waals surface area contributed by atoms with Gasteiger partial charge in [0.1, 0.15) is 17.2 Å². The number of carbonyl (C=O) groups excluding carboxylic acids is 3. The fourth-order valence-corrected chi connectivity index (χ4v) is 6.96. The van der Waals surface area contributed by atoms with E-state index in [1.807, 2.05) is 35.4 Å². The molecule has 3 N–H and O–H groups in total.